The van der Waals surface area contributed by atoms with Crippen LogP contribution in [0.1, 0.15) is 35.3 Å². The lowest BCUT2D eigenvalue weighted by Gasteiger charge is -2.22. The van der Waals surface area contributed by atoms with E-state index in [0.29, 0.717) is 0 Å². The minimum Gasteiger partial charge on any atom is -0.496 e. The Labute approximate surface area is 118 Å². The van der Waals surface area contributed by atoms with Gasteiger partial charge in [0, 0.05) is 10.9 Å². The number of nitrogens with one attached hydrogen (secondary N) is 1. The molecule has 4 heteroatoms. The molecule has 1 aromatic carbocycles. The highest BCUT2D eigenvalue weighted by atomic mass is 32.1. The first-order valence-corrected chi connectivity index (χ1v) is 7.38. The lowest BCUT2D eigenvalue weighted by Crippen LogP contribution is -2.23. The van der Waals surface area contributed by atoms with Crippen molar-refractivity contribution in [3.8, 4) is 5.75 Å². The fraction of sp³-hybridized carbons (Fsp3) is 0.400. The van der Waals surface area contributed by atoms with Gasteiger partial charge in [-0.25, -0.2) is 4.98 Å². The molecule has 0 radical (unpaired) electrons. The summed E-state index contributed by atoms with van der Waals surface area (Å²) in [6.45, 7) is 7.21. The Balaban J connectivity index is 2.53. The van der Waals surface area contributed by atoms with Gasteiger partial charge < -0.3 is 10.1 Å². The number of hydrogen-bond donors (Lipinski definition) is 1. The second-order valence-corrected chi connectivity index (χ2v) is 5.32. The number of ether oxygens (including phenoxy) is 1. The smallest absolute Gasteiger partial charge is 0.124 e. The van der Waals surface area contributed by atoms with Crippen molar-refractivity contribution in [3.05, 3.63) is 45.4 Å². The highest BCUT2D eigenvalue weighted by molar-refractivity contribution is 7.07. The van der Waals surface area contributed by atoms with Crippen molar-refractivity contribution in [3.63, 3.8) is 0 Å². The first-order chi connectivity index (χ1) is 9.17. The molecule has 0 aliphatic heterocycles. The van der Waals surface area contributed by atoms with E-state index in [-0.39, 0.29) is 6.04 Å². The van der Waals surface area contributed by atoms with Crippen molar-refractivity contribution in [2.75, 3.05) is 13.7 Å². The molecule has 0 spiro atoms. The molecule has 1 atom stereocenters. The van der Waals surface area contributed by atoms with E-state index in [1.807, 2.05) is 5.51 Å². The average molecular weight is 276 g/mol. The van der Waals surface area contributed by atoms with Gasteiger partial charge in [0.25, 0.3) is 0 Å². The zero-order valence-corrected chi connectivity index (χ0v) is 12.7. The second-order valence-electron chi connectivity index (χ2n) is 4.60. The summed E-state index contributed by atoms with van der Waals surface area (Å²) in [6.07, 6.45) is 0. The number of aromatic nitrogens is 1. The summed E-state index contributed by atoms with van der Waals surface area (Å²) in [5, 5.41) is 5.59. The van der Waals surface area contributed by atoms with Gasteiger partial charge in [-0.3, -0.25) is 0 Å². The lowest BCUT2D eigenvalue weighted by atomic mass is 9.96. The maximum atomic E-state index is 5.57. The maximum Gasteiger partial charge on any atom is 0.124 e. The molecule has 3 nitrogen and oxygen atoms in total. The topological polar surface area (TPSA) is 34.2 Å². The SMILES string of the molecule is CCNC(c1cscn1)c1c(C)cc(C)cc1OC. The Morgan fingerprint density at radius 3 is 2.74 bits per heavy atom. The van der Waals surface area contributed by atoms with Crippen molar-refractivity contribution < 1.29 is 4.74 Å². The number of nitrogens with zero attached hydrogens (tertiary/aromatic N) is 1. The van der Waals surface area contributed by atoms with Crippen LogP contribution in [0, 0.1) is 13.8 Å². The van der Waals surface area contributed by atoms with E-state index >= 15 is 0 Å². The Kier molecular flexibility index (Phi) is 4.56. The monoisotopic (exact) mass is 276 g/mol. The molecule has 0 saturated heterocycles. The van der Waals surface area contributed by atoms with Crippen LogP contribution in [0.2, 0.25) is 0 Å². The Morgan fingerprint density at radius 1 is 1.37 bits per heavy atom. The minimum atomic E-state index is 0.0896. The fourth-order valence-electron chi connectivity index (χ4n) is 2.40. The summed E-state index contributed by atoms with van der Waals surface area (Å²) in [7, 11) is 1.72. The van der Waals surface area contributed by atoms with Crippen LogP contribution in [-0.2, 0) is 0 Å². The average Bonchev–Trinajstić information content (AvgIpc) is 2.89. The molecule has 1 unspecified atom stereocenters. The van der Waals surface area contributed by atoms with Crippen LogP contribution in [0.25, 0.3) is 0 Å². The van der Waals surface area contributed by atoms with Crippen LogP contribution >= 0.6 is 11.3 Å². The quantitative estimate of drug-likeness (QED) is 0.908. The second kappa shape index (κ2) is 6.17. The molecule has 0 bridgehead atoms. The summed E-state index contributed by atoms with van der Waals surface area (Å²) >= 11 is 1.62. The zero-order chi connectivity index (χ0) is 13.8. The van der Waals surface area contributed by atoms with Crippen LogP contribution in [0.3, 0.4) is 0 Å². The van der Waals surface area contributed by atoms with Crippen LogP contribution < -0.4 is 10.1 Å². The molecule has 19 heavy (non-hydrogen) atoms. The minimum absolute atomic E-state index is 0.0896. The molecule has 1 heterocycles. The number of hydrogen-bond acceptors (Lipinski definition) is 4. The number of thiazole rings is 1. The first-order valence-electron chi connectivity index (χ1n) is 6.44. The Bertz CT molecular complexity index is 537. The predicted molar refractivity (Wildman–Crippen MR) is 80.1 cm³/mol. The molecular weight excluding hydrogens is 256 g/mol. The highest BCUT2D eigenvalue weighted by Crippen LogP contribution is 2.33. The van der Waals surface area contributed by atoms with Crippen LogP contribution in [-0.4, -0.2) is 18.6 Å². The van der Waals surface area contributed by atoms with E-state index in [1.54, 1.807) is 18.4 Å². The summed E-state index contributed by atoms with van der Waals surface area (Å²) < 4.78 is 5.57. The van der Waals surface area contributed by atoms with Crippen molar-refractivity contribution in [1.29, 1.82) is 0 Å². The third kappa shape index (κ3) is 2.96. The van der Waals surface area contributed by atoms with Gasteiger partial charge in [0.15, 0.2) is 0 Å². The molecule has 2 aromatic rings. The first kappa shape index (κ1) is 14.0. The maximum absolute atomic E-state index is 5.57. The van der Waals surface area contributed by atoms with Gasteiger partial charge in [0.2, 0.25) is 0 Å². The van der Waals surface area contributed by atoms with Crippen LogP contribution in [0.15, 0.2) is 23.0 Å². The molecule has 1 N–H and O–H groups in total. The van der Waals surface area contributed by atoms with Gasteiger partial charge >= 0.3 is 0 Å². The van der Waals surface area contributed by atoms with E-state index in [2.05, 4.69) is 48.6 Å². The molecule has 0 amide bonds. The van der Waals surface area contributed by atoms with Crippen molar-refractivity contribution in [1.82, 2.24) is 10.3 Å². The third-order valence-corrected chi connectivity index (χ3v) is 3.76. The van der Waals surface area contributed by atoms with E-state index in [0.717, 1.165) is 18.0 Å². The third-order valence-electron chi connectivity index (χ3n) is 3.16. The van der Waals surface area contributed by atoms with Gasteiger partial charge in [-0.2, -0.15) is 0 Å². The molecular formula is C15H20N2OS. The molecule has 0 aliphatic rings. The largest absolute Gasteiger partial charge is 0.496 e. The van der Waals surface area contributed by atoms with E-state index < -0.39 is 0 Å². The molecule has 0 saturated carbocycles. The van der Waals surface area contributed by atoms with Gasteiger partial charge in [-0.1, -0.05) is 13.0 Å². The standard InChI is InChI=1S/C15H20N2OS/c1-5-16-15(12-8-19-9-17-12)14-11(3)6-10(2)7-13(14)18-4/h6-9,15-16H,5H2,1-4H3. The van der Waals surface area contributed by atoms with Crippen molar-refractivity contribution in [2.45, 2.75) is 26.8 Å². The normalized spacial score (nSPS) is 12.4. The van der Waals surface area contributed by atoms with Crippen LogP contribution in [0.5, 0.6) is 5.75 Å². The van der Waals surface area contributed by atoms with Crippen molar-refractivity contribution >= 4 is 11.3 Å². The van der Waals surface area contributed by atoms with Crippen molar-refractivity contribution in [2.24, 2.45) is 0 Å². The van der Waals surface area contributed by atoms with E-state index in [9.17, 15) is 0 Å². The number of aryl methyl sites for hydroxylation is 2. The zero-order valence-electron chi connectivity index (χ0n) is 11.9. The highest BCUT2D eigenvalue weighted by Gasteiger charge is 2.21. The number of methoxy groups -OCH3 is 1. The summed E-state index contributed by atoms with van der Waals surface area (Å²) in [5.41, 5.74) is 6.55. The molecule has 102 valence electrons. The summed E-state index contributed by atoms with van der Waals surface area (Å²) in [4.78, 5) is 4.45. The summed E-state index contributed by atoms with van der Waals surface area (Å²) in [5.74, 6) is 0.927. The van der Waals surface area contributed by atoms with Gasteiger partial charge in [0.05, 0.1) is 24.4 Å². The molecule has 2 rings (SSSR count). The predicted octanol–water partition coefficient (Wildman–Crippen LogP) is 3.47. The molecule has 0 aliphatic carbocycles. The fourth-order valence-corrected chi connectivity index (χ4v) is 2.98. The lowest BCUT2D eigenvalue weighted by molar-refractivity contribution is 0.403. The van der Waals surface area contributed by atoms with E-state index in [4.69, 9.17) is 4.74 Å². The molecule has 1 aromatic heterocycles. The summed E-state index contributed by atoms with van der Waals surface area (Å²) in [6, 6.07) is 4.36. The van der Waals surface area contributed by atoms with Crippen LogP contribution in [0.4, 0.5) is 0 Å². The Morgan fingerprint density at radius 2 is 2.16 bits per heavy atom. The van der Waals surface area contributed by atoms with Gasteiger partial charge in [-0.05, 0) is 37.6 Å². The van der Waals surface area contributed by atoms with Gasteiger partial charge in [0.1, 0.15) is 5.75 Å². The number of benzene rings is 1. The molecule has 0 fully saturated rings. The number of rotatable bonds is 5. The van der Waals surface area contributed by atoms with E-state index in [1.165, 1.54) is 16.7 Å². The Hall–Kier alpha value is -1.39. The van der Waals surface area contributed by atoms with Gasteiger partial charge in [-0.15, -0.1) is 11.3 Å².